The van der Waals surface area contributed by atoms with Crippen LogP contribution >= 0.6 is 0 Å². The van der Waals surface area contributed by atoms with Crippen LogP contribution in [0.25, 0.3) is 11.1 Å². The minimum atomic E-state index is -4.66. The van der Waals surface area contributed by atoms with Crippen molar-refractivity contribution in [1.29, 1.82) is 0 Å². The maximum absolute atomic E-state index is 14.8. The SMILES string of the molecule is Fc1cc(OC(F)(F)c2c(F)cc(-c3ccc(OC(c4ccccc4)C4CCCCC4)cc3)cc2F)cc(F)c1F. The first-order valence-electron chi connectivity index (χ1n) is 13.2. The standard InChI is InChI=1S/C32H25F7O2/c33-25-15-22(16-26(34)29(25)32(38,39)41-24-17-27(35)30(37)28(36)18-24)19-11-13-23(14-12-19)40-31(20-7-3-1-4-8-20)21-9-5-2-6-10-21/h1,3-4,7-8,11-18,21,31H,2,5-6,9-10H2. The minimum absolute atomic E-state index is 0.0307. The van der Waals surface area contributed by atoms with Gasteiger partial charge in [-0.1, -0.05) is 61.7 Å². The molecule has 0 amide bonds. The van der Waals surface area contributed by atoms with Gasteiger partial charge in [0.1, 0.15) is 34.8 Å². The molecule has 1 atom stereocenters. The summed E-state index contributed by atoms with van der Waals surface area (Å²) < 4.78 is 109. The van der Waals surface area contributed by atoms with Crippen molar-refractivity contribution in [2.24, 2.45) is 5.92 Å². The Balaban J connectivity index is 1.36. The van der Waals surface area contributed by atoms with Gasteiger partial charge in [-0.3, -0.25) is 0 Å². The highest BCUT2D eigenvalue weighted by Crippen LogP contribution is 2.40. The van der Waals surface area contributed by atoms with Crippen LogP contribution in [0, 0.1) is 35.0 Å². The van der Waals surface area contributed by atoms with E-state index >= 15 is 0 Å². The van der Waals surface area contributed by atoms with Crippen LogP contribution < -0.4 is 9.47 Å². The average molecular weight is 575 g/mol. The number of hydrogen-bond donors (Lipinski definition) is 0. The van der Waals surface area contributed by atoms with Crippen molar-refractivity contribution in [3.05, 3.63) is 119 Å². The summed E-state index contributed by atoms with van der Waals surface area (Å²) >= 11 is 0. The molecule has 0 heterocycles. The average Bonchev–Trinajstić information content (AvgIpc) is 2.95. The van der Waals surface area contributed by atoms with Crippen LogP contribution in [0.4, 0.5) is 30.7 Å². The van der Waals surface area contributed by atoms with Gasteiger partial charge in [0.25, 0.3) is 0 Å². The normalized spacial score (nSPS) is 15.0. The van der Waals surface area contributed by atoms with Crippen molar-refractivity contribution in [1.82, 2.24) is 0 Å². The summed E-state index contributed by atoms with van der Waals surface area (Å²) in [4.78, 5) is 0. The van der Waals surface area contributed by atoms with Gasteiger partial charge in [0.05, 0.1) is 0 Å². The van der Waals surface area contributed by atoms with Crippen LogP contribution in [-0.4, -0.2) is 0 Å². The fourth-order valence-corrected chi connectivity index (χ4v) is 5.20. The van der Waals surface area contributed by atoms with E-state index in [4.69, 9.17) is 4.74 Å². The summed E-state index contributed by atoms with van der Waals surface area (Å²) in [6.07, 6.45) is 0.717. The lowest BCUT2D eigenvalue weighted by atomic mass is 9.82. The number of hydrogen-bond acceptors (Lipinski definition) is 2. The van der Waals surface area contributed by atoms with Gasteiger partial charge >= 0.3 is 6.11 Å². The van der Waals surface area contributed by atoms with Crippen LogP contribution in [0.15, 0.2) is 78.9 Å². The molecule has 5 rings (SSSR count). The van der Waals surface area contributed by atoms with Gasteiger partial charge in [-0.25, -0.2) is 22.0 Å². The second kappa shape index (κ2) is 11.8. The Labute approximate surface area is 232 Å². The van der Waals surface area contributed by atoms with E-state index in [0.29, 0.717) is 29.4 Å². The summed E-state index contributed by atoms with van der Waals surface area (Å²) in [7, 11) is 0. The summed E-state index contributed by atoms with van der Waals surface area (Å²) in [5.41, 5.74) is -0.401. The predicted octanol–water partition coefficient (Wildman–Crippen LogP) is 9.88. The molecule has 0 spiro atoms. The highest BCUT2D eigenvalue weighted by atomic mass is 19.3. The minimum Gasteiger partial charge on any atom is -0.485 e. The Morgan fingerprint density at radius 2 is 1.22 bits per heavy atom. The first-order chi connectivity index (χ1) is 19.6. The summed E-state index contributed by atoms with van der Waals surface area (Å²) in [5, 5.41) is 0. The van der Waals surface area contributed by atoms with Crippen molar-refractivity contribution in [3.8, 4) is 22.6 Å². The van der Waals surface area contributed by atoms with E-state index in [1.54, 1.807) is 24.3 Å². The van der Waals surface area contributed by atoms with Crippen LogP contribution in [0.2, 0.25) is 0 Å². The van der Waals surface area contributed by atoms with Gasteiger partial charge in [-0.2, -0.15) is 8.78 Å². The van der Waals surface area contributed by atoms with Gasteiger partial charge in [0.15, 0.2) is 17.5 Å². The highest BCUT2D eigenvalue weighted by molar-refractivity contribution is 5.65. The lowest BCUT2D eigenvalue weighted by Gasteiger charge is -2.31. The quantitative estimate of drug-likeness (QED) is 0.154. The molecule has 4 aromatic carbocycles. The number of ether oxygens (including phenoxy) is 2. The Bertz CT molecular complexity index is 1450. The second-order valence-electron chi connectivity index (χ2n) is 10.0. The molecule has 4 aromatic rings. The number of alkyl halides is 2. The predicted molar refractivity (Wildman–Crippen MR) is 139 cm³/mol. The summed E-state index contributed by atoms with van der Waals surface area (Å²) in [6, 6.07) is 18.0. The molecule has 0 N–H and O–H groups in total. The molecule has 1 fully saturated rings. The molecule has 9 heteroatoms. The summed E-state index contributed by atoms with van der Waals surface area (Å²) in [6.45, 7) is 0. The van der Waals surface area contributed by atoms with Crippen molar-refractivity contribution in [2.45, 2.75) is 44.3 Å². The van der Waals surface area contributed by atoms with Crippen molar-refractivity contribution < 1.29 is 40.2 Å². The Kier molecular flexibility index (Phi) is 8.24. The number of benzene rings is 4. The number of halogens is 7. The first kappa shape index (κ1) is 28.5. The van der Waals surface area contributed by atoms with E-state index in [1.807, 2.05) is 30.3 Å². The lowest BCUT2D eigenvalue weighted by Crippen LogP contribution is -2.25. The zero-order chi connectivity index (χ0) is 29.1. The molecule has 1 aliphatic carbocycles. The van der Waals surface area contributed by atoms with E-state index in [-0.39, 0.29) is 23.8 Å². The van der Waals surface area contributed by atoms with Crippen molar-refractivity contribution in [2.75, 3.05) is 0 Å². The van der Waals surface area contributed by atoms with E-state index < -0.39 is 46.5 Å². The largest absolute Gasteiger partial charge is 0.485 e. The Morgan fingerprint density at radius 3 is 1.80 bits per heavy atom. The van der Waals surface area contributed by atoms with Crippen molar-refractivity contribution >= 4 is 0 Å². The molecule has 1 aliphatic rings. The molecule has 0 aliphatic heterocycles. The Hall–Kier alpha value is -4.01. The van der Waals surface area contributed by atoms with Crippen molar-refractivity contribution in [3.63, 3.8) is 0 Å². The Morgan fingerprint density at radius 1 is 0.634 bits per heavy atom. The fraction of sp³-hybridized carbons (Fsp3) is 0.250. The van der Waals surface area contributed by atoms with E-state index in [9.17, 15) is 30.7 Å². The van der Waals surface area contributed by atoms with Gasteiger partial charge in [0, 0.05) is 18.1 Å². The first-order valence-corrected chi connectivity index (χ1v) is 13.2. The lowest BCUT2D eigenvalue weighted by molar-refractivity contribution is -0.189. The maximum atomic E-state index is 14.8. The van der Waals surface area contributed by atoms with Gasteiger partial charge < -0.3 is 9.47 Å². The molecule has 41 heavy (non-hydrogen) atoms. The van der Waals surface area contributed by atoms with E-state index in [2.05, 4.69) is 4.74 Å². The van der Waals surface area contributed by atoms with Crippen LogP contribution in [-0.2, 0) is 6.11 Å². The summed E-state index contributed by atoms with van der Waals surface area (Å²) in [5.74, 6) is -9.04. The van der Waals surface area contributed by atoms with Gasteiger partial charge in [-0.05, 0) is 53.8 Å². The van der Waals surface area contributed by atoms with Crippen LogP contribution in [0.5, 0.6) is 11.5 Å². The van der Waals surface area contributed by atoms with E-state index in [1.165, 1.54) is 6.42 Å². The molecule has 214 valence electrons. The molecule has 0 radical (unpaired) electrons. The smallest absolute Gasteiger partial charge is 0.432 e. The molecular formula is C32H25F7O2. The number of rotatable bonds is 8. The zero-order valence-electron chi connectivity index (χ0n) is 21.7. The molecule has 1 unspecified atom stereocenters. The maximum Gasteiger partial charge on any atom is 0.432 e. The monoisotopic (exact) mass is 574 g/mol. The molecule has 0 saturated heterocycles. The third-order valence-electron chi connectivity index (χ3n) is 7.19. The van der Waals surface area contributed by atoms with E-state index in [0.717, 1.165) is 31.2 Å². The molecule has 0 aromatic heterocycles. The third-order valence-corrected chi connectivity index (χ3v) is 7.19. The topological polar surface area (TPSA) is 18.5 Å². The molecule has 0 bridgehead atoms. The second-order valence-corrected chi connectivity index (χ2v) is 10.0. The van der Waals surface area contributed by atoms with Crippen LogP contribution in [0.1, 0.15) is 49.3 Å². The zero-order valence-corrected chi connectivity index (χ0v) is 21.7. The van der Waals surface area contributed by atoms with Crippen LogP contribution in [0.3, 0.4) is 0 Å². The van der Waals surface area contributed by atoms with Gasteiger partial charge in [0.2, 0.25) is 0 Å². The fourth-order valence-electron chi connectivity index (χ4n) is 5.20. The highest BCUT2D eigenvalue weighted by Gasteiger charge is 2.41. The molecule has 2 nitrogen and oxygen atoms in total. The molecular weight excluding hydrogens is 549 g/mol. The van der Waals surface area contributed by atoms with Gasteiger partial charge in [-0.15, -0.1) is 0 Å². The molecule has 1 saturated carbocycles. The third kappa shape index (κ3) is 6.34.